The van der Waals surface area contributed by atoms with Crippen LogP contribution in [0.5, 0.6) is 0 Å². The molecule has 0 saturated heterocycles. The molecule has 24 heavy (non-hydrogen) atoms. The van der Waals surface area contributed by atoms with Crippen LogP contribution in [0.4, 0.5) is 5.69 Å². The molecule has 8 nitrogen and oxygen atoms in total. The smallest absolute Gasteiger partial charge is 0.317 e. The largest absolute Gasteiger partial charge is 0.480 e. The molecule has 1 aliphatic rings. The van der Waals surface area contributed by atoms with Gasteiger partial charge in [-0.3, -0.25) is 24.6 Å². The van der Waals surface area contributed by atoms with Gasteiger partial charge in [-0.2, -0.15) is 0 Å². The molecule has 1 aromatic rings. The number of aliphatic carboxylic acids is 1. The molecule has 0 radical (unpaired) electrons. The highest BCUT2D eigenvalue weighted by Gasteiger charge is 2.35. The zero-order valence-electron chi connectivity index (χ0n) is 13.7. The van der Waals surface area contributed by atoms with Gasteiger partial charge in [-0.25, -0.2) is 0 Å². The first kappa shape index (κ1) is 17.9. The number of nitro benzene ring substituents is 1. The summed E-state index contributed by atoms with van der Waals surface area (Å²) in [6.07, 6.45) is 1.36. The van der Waals surface area contributed by atoms with Crippen LogP contribution in [0, 0.1) is 17.0 Å². The van der Waals surface area contributed by atoms with E-state index in [0.29, 0.717) is 30.5 Å². The van der Waals surface area contributed by atoms with Crippen molar-refractivity contribution in [3.05, 3.63) is 39.4 Å². The summed E-state index contributed by atoms with van der Waals surface area (Å²) in [4.78, 5) is 35.4. The molecular weight excluding hydrogens is 314 g/mol. The van der Waals surface area contributed by atoms with Gasteiger partial charge in [0.1, 0.15) is 0 Å². The van der Waals surface area contributed by atoms with Crippen LogP contribution in [-0.4, -0.2) is 52.0 Å². The molecule has 0 heterocycles. The van der Waals surface area contributed by atoms with Crippen molar-refractivity contribution in [2.75, 3.05) is 13.1 Å². The zero-order valence-corrected chi connectivity index (χ0v) is 13.7. The van der Waals surface area contributed by atoms with Crippen LogP contribution in [0.25, 0.3) is 0 Å². The quantitative estimate of drug-likeness (QED) is 0.578. The number of carboxylic acids is 1. The van der Waals surface area contributed by atoms with Gasteiger partial charge >= 0.3 is 5.97 Å². The summed E-state index contributed by atoms with van der Waals surface area (Å²) >= 11 is 0. The van der Waals surface area contributed by atoms with E-state index in [9.17, 15) is 19.7 Å². The highest BCUT2D eigenvalue weighted by molar-refractivity contribution is 5.96. The van der Waals surface area contributed by atoms with Crippen molar-refractivity contribution in [2.24, 2.45) is 0 Å². The molecule has 2 N–H and O–H groups in total. The first-order valence-corrected chi connectivity index (χ1v) is 7.84. The fourth-order valence-electron chi connectivity index (χ4n) is 3.01. The molecular formula is C16H21N3O5. The van der Waals surface area contributed by atoms with Gasteiger partial charge in [-0.15, -0.1) is 0 Å². The number of rotatable bonds is 7. The number of hydrogen-bond donors (Lipinski definition) is 2. The lowest BCUT2D eigenvalue weighted by Crippen LogP contribution is -2.54. The van der Waals surface area contributed by atoms with E-state index >= 15 is 0 Å². The number of benzene rings is 1. The van der Waals surface area contributed by atoms with Crippen LogP contribution in [0.1, 0.15) is 35.7 Å². The van der Waals surface area contributed by atoms with Gasteiger partial charge in [0, 0.05) is 29.3 Å². The molecule has 0 atom stereocenters. The molecule has 0 spiro atoms. The number of nitrogens with zero attached hydrogens (tertiary/aromatic N) is 2. The average Bonchev–Trinajstić information content (AvgIpc) is 2.47. The van der Waals surface area contributed by atoms with Crippen molar-refractivity contribution < 1.29 is 19.6 Å². The molecule has 130 valence electrons. The molecule has 1 amide bonds. The number of hydrogen-bond acceptors (Lipinski definition) is 5. The van der Waals surface area contributed by atoms with Crippen LogP contribution < -0.4 is 5.32 Å². The summed E-state index contributed by atoms with van der Waals surface area (Å²) in [6, 6.07) is 4.54. The first-order valence-electron chi connectivity index (χ1n) is 7.84. The summed E-state index contributed by atoms with van der Waals surface area (Å²) in [5, 5.41) is 22.7. The minimum Gasteiger partial charge on any atom is -0.480 e. The summed E-state index contributed by atoms with van der Waals surface area (Å²) in [5.41, 5.74) is 0.565. The molecule has 8 heteroatoms. The molecule has 0 aliphatic heterocycles. The van der Waals surface area contributed by atoms with Crippen molar-refractivity contribution in [3.63, 3.8) is 0 Å². The normalized spacial score (nSPS) is 19.6. The topological polar surface area (TPSA) is 113 Å². The third-order valence-corrected chi connectivity index (χ3v) is 4.46. The maximum Gasteiger partial charge on any atom is 0.317 e. The number of carbonyl (C=O) groups excluding carboxylic acids is 1. The van der Waals surface area contributed by atoms with Gasteiger partial charge < -0.3 is 10.4 Å². The number of carbonyl (C=O) groups is 2. The number of nitrogens with one attached hydrogen (secondary N) is 1. The molecule has 1 saturated carbocycles. The van der Waals surface area contributed by atoms with E-state index in [0.717, 1.165) is 0 Å². The third-order valence-electron chi connectivity index (χ3n) is 4.46. The van der Waals surface area contributed by atoms with Crippen LogP contribution in [0.3, 0.4) is 0 Å². The van der Waals surface area contributed by atoms with Gasteiger partial charge in [-0.05, 0) is 32.4 Å². The van der Waals surface area contributed by atoms with Crippen LogP contribution in [0.2, 0.25) is 0 Å². The van der Waals surface area contributed by atoms with E-state index in [1.54, 1.807) is 13.0 Å². The molecule has 1 aromatic carbocycles. The standard InChI is InChI=1S/C16H21N3O5/c1-3-18(9-15(20)21)12-7-11(8-12)17-16(22)13-5-4-6-14(10(13)2)19(23)24/h4-6,11-12H,3,7-9H2,1-2H3,(H,17,22)(H,20,21). The summed E-state index contributed by atoms with van der Waals surface area (Å²) in [5.74, 6) is -1.20. The predicted octanol–water partition coefficient (Wildman–Crippen LogP) is 1.57. The molecule has 1 fully saturated rings. The van der Waals surface area contributed by atoms with Gasteiger partial charge in [0.2, 0.25) is 0 Å². The number of nitro groups is 1. The second-order valence-electron chi connectivity index (χ2n) is 5.96. The van der Waals surface area contributed by atoms with Crippen LogP contribution in [-0.2, 0) is 4.79 Å². The lowest BCUT2D eigenvalue weighted by Gasteiger charge is -2.42. The minimum absolute atomic E-state index is 0.00811. The Labute approximate surface area is 139 Å². The Hall–Kier alpha value is -2.48. The molecule has 0 unspecified atom stereocenters. The SMILES string of the molecule is CCN(CC(=O)O)C1CC(NC(=O)c2cccc([N+](=O)[O-])c2C)C1. The van der Waals surface area contributed by atoms with Crippen molar-refractivity contribution >= 4 is 17.6 Å². The Balaban J connectivity index is 1.95. The second kappa shape index (κ2) is 7.39. The Morgan fingerprint density at radius 3 is 2.62 bits per heavy atom. The van der Waals surface area contributed by atoms with E-state index in [1.807, 2.05) is 11.8 Å². The van der Waals surface area contributed by atoms with Crippen molar-refractivity contribution in [1.82, 2.24) is 10.2 Å². The maximum absolute atomic E-state index is 12.3. The monoisotopic (exact) mass is 335 g/mol. The van der Waals surface area contributed by atoms with E-state index in [-0.39, 0.29) is 30.2 Å². The summed E-state index contributed by atoms with van der Waals surface area (Å²) < 4.78 is 0. The Kier molecular flexibility index (Phi) is 5.50. The van der Waals surface area contributed by atoms with E-state index < -0.39 is 10.9 Å². The van der Waals surface area contributed by atoms with E-state index in [2.05, 4.69) is 5.32 Å². The fraction of sp³-hybridized carbons (Fsp3) is 0.500. The highest BCUT2D eigenvalue weighted by atomic mass is 16.6. The summed E-state index contributed by atoms with van der Waals surface area (Å²) in [7, 11) is 0. The highest BCUT2D eigenvalue weighted by Crippen LogP contribution is 2.27. The van der Waals surface area contributed by atoms with Crippen molar-refractivity contribution in [1.29, 1.82) is 0 Å². The number of carboxylic acid groups (broad SMARTS) is 1. The average molecular weight is 335 g/mol. The predicted molar refractivity (Wildman–Crippen MR) is 87.0 cm³/mol. The van der Waals surface area contributed by atoms with Gasteiger partial charge in [0.05, 0.1) is 11.5 Å². The van der Waals surface area contributed by atoms with Crippen molar-refractivity contribution in [3.8, 4) is 0 Å². The minimum atomic E-state index is -0.864. The molecule has 0 aromatic heterocycles. The van der Waals surface area contributed by atoms with Gasteiger partial charge in [0.25, 0.3) is 11.6 Å². The number of amides is 1. The molecule has 2 rings (SSSR count). The van der Waals surface area contributed by atoms with Crippen LogP contribution >= 0.6 is 0 Å². The maximum atomic E-state index is 12.3. The van der Waals surface area contributed by atoms with Gasteiger partial charge in [-0.1, -0.05) is 13.0 Å². The van der Waals surface area contributed by atoms with E-state index in [1.165, 1.54) is 12.1 Å². The van der Waals surface area contributed by atoms with Gasteiger partial charge in [0.15, 0.2) is 0 Å². The lowest BCUT2D eigenvalue weighted by molar-refractivity contribution is -0.385. The third kappa shape index (κ3) is 3.88. The van der Waals surface area contributed by atoms with Crippen molar-refractivity contribution in [2.45, 2.75) is 38.8 Å². The lowest BCUT2D eigenvalue weighted by atomic mass is 9.85. The Morgan fingerprint density at radius 2 is 2.08 bits per heavy atom. The number of likely N-dealkylation sites (N-methyl/N-ethyl adjacent to an activating group) is 1. The molecule has 1 aliphatic carbocycles. The van der Waals surface area contributed by atoms with E-state index in [4.69, 9.17) is 5.11 Å². The second-order valence-corrected chi connectivity index (χ2v) is 5.96. The Morgan fingerprint density at radius 1 is 1.42 bits per heavy atom. The zero-order chi connectivity index (χ0) is 17.9. The first-order chi connectivity index (χ1) is 11.3. The molecule has 0 bridgehead atoms. The van der Waals surface area contributed by atoms with Crippen LogP contribution in [0.15, 0.2) is 18.2 Å². The Bertz CT molecular complexity index is 655. The fourth-order valence-corrected chi connectivity index (χ4v) is 3.01. The summed E-state index contributed by atoms with van der Waals surface area (Å²) in [6.45, 7) is 4.09.